The third-order valence-electron chi connectivity index (χ3n) is 4.08. The Bertz CT molecular complexity index is 1030. The number of rotatable bonds is 1. The second-order valence-corrected chi connectivity index (χ2v) is 6.14. The SMILES string of the molecule is Cc1ccc(-c2c3nsnc3c(C)c3nc(C)c(C)nc23)[nH]1. The molecule has 3 heterocycles. The molecular weight excluding hydrogens is 294 g/mol. The Morgan fingerprint density at radius 3 is 2.18 bits per heavy atom. The van der Waals surface area contributed by atoms with Gasteiger partial charge in [-0.1, -0.05) is 0 Å². The summed E-state index contributed by atoms with van der Waals surface area (Å²) >= 11 is 1.23. The first kappa shape index (κ1) is 13.3. The number of aryl methyl sites for hydroxylation is 4. The summed E-state index contributed by atoms with van der Waals surface area (Å²) in [6.45, 7) is 8.06. The van der Waals surface area contributed by atoms with Gasteiger partial charge in [-0.3, -0.25) is 0 Å². The Balaban J connectivity index is 2.26. The largest absolute Gasteiger partial charge is 0.359 e. The van der Waals surface area contributed by atoms with Gasteiger partial charge in [0.25, 0.3) is 0 Å². The van der Waals surface area contributed by atoms with E-state index in [1.807, 2.05) is 27.7 Å². The zero-order valence-electron chi connectivity index (χ0n) is 12.9. The first-order valence-corrected chi connectivity index (χ1v) is 7.85. The monoisotopic (exact) mass is 309 g/mol. The fraction of sp³-hybridized carbons (Fsp3) is 0.250. The van der Waals surface area contributed by atoms with Crippen LogP contribution in [0.25, 0.3) is 33.3 Å². The van der Waals surface area contributed by atoms with Crippen molar-refractivity contribution in [3.05, 3.63) is 34.8 Å². The Morgan fingerprint density at radius 2 is 1.50 bits per heavy atom. The van der Waals surface area contributed by atoms with E-state index >= 15 is 0 Å². The quantitative estimate of drug-likeness (QED) is 0.579. The topological polar surface area (TPSA) is 67.3 Å². The predicted molar refractivity (Wildman–Crippen MR) is 89.2 cm³/mol. The Labute approximate surface area is 131 Å². The molecule has 0 aliphatic carbocycles. The van der Waals surface area contributed by atoms with Crippen LogP contribution < -0.4 is 0 Å². The van der Waals surface area contributed by atoms with Crippen molar-refractivity contribution >= 4 is 33.8 Å². The van der Waals surface area contributed by atoms with Crippen LogP contribution in [0.5, 0.6) is 0 Å². The van der Waals surface area contributed by atoms with Crippen LogP contribution in [0.1, 0.15) is 22.6 Å². The fourth-order valence-electron chi connectivity index (χ4n) is 2.77. The van der Waals surface area contributed by atoms with Gasteiger partial charge in [0, 0.05) is 11.3 Å². The molecule has 0 bridgehead atoms. The van der Waals surface area contributed by atoms with Crippen molar-refractivity contribution in [2.45, 2.75) is 27.7 Å². The molecule has 0 unspecified atom stereocenters. The number of hydrogen-bond acceptors (Lipinski definition) is 5. The molecule has 0 amide bonds. The number of hydrogen-bond donors (Lipinski definition) is 1. The van der Waals surface area contributed by atoms with Crippen molar-refractivity contribution in [1.29, 1.82) is 0 Å². The zero-order chi connectivity index (χ0) is 15.4. The molecule has 4 aromatic rings. The highest BCUT2D eigenvalue weighted by Gasteiger charge is 2.20. The predicted octanol–water partition coefficient (Wildman–Crippen LogP) is 3.86. The lowest BCUT2D eigenvalue weighted by Crippen LogP contribution is -1.99. The van der Waals surface area contributed by atoms with Crippen LogP contribution in [0.2, 0.25) is 0 Å². The van der Waals surface area contributed by atoms with Crippen LogP contribution >= 0.6 is 11.7 Å². The van der Waals surface area contributed by atoms with Gasteiger partial charge in [0.2, 0.25) is 0 Å². The molecule has 0 aliphatic rings. The van der Waals surface area contributed by atoms with Crippen molar-refractivity contribution in [3.63, 3.8) is 0 Å². The molecule has 0 aliphatic heterocycles. The maximum absolute atomic E-state index is 4.81. The number of nitrogens with zero attached hydrogens (tertiary/aromatic N) is 4. The first-order valence-electron chi connectivity index (χ1n) is 7.12. The van der Waals surface area contributed by atoms with Crippen LogP contribution in [0.3, 0.4) is 0 Å². The van der Waals surface area contributed by atoms with E-state index in [-0.39, 0.29) is 0 Å². The molecule has 1 aromatic carbocycles. The van der Waals surface area contributed by atoms with Crippen LogP contribution in [-0.2, 0) is 0 Å². The number of H-pyrrole nitrogens is 1. The van der Waals surface area contributed by atoms with Gasteiger partial charge in [0.1, 0.15) is 16.6 Å². The van der Waals surface area contributed by atoms with Gasteiger partial charge in [-0.2, -0.15) is 8.75 Å². The van der Waals surface area contributed by atoms with Gasteiger partial charge in [0.05, 0.1) is 39.9 Å². The van der Waals surface area contributed by atoms with Gasteiger partial charge in [-0.25, -0.2) is 9.97 Å². The number of nitrogens with one attached hydrogen (secondary N) is 1. The van der Waals surface area contributed by atoms with Crippen LogP contribution in [-0.4, -0.2) is 23.7 Å². The maximum atomic E-state index is 4.81. The van der Waals surface area contributed by atoms with Gasteiger partial charge >= 0.3 is 0 Å². The summed E-state index contributed by atoms with van der Waals surface area (Å²) in [4.78, 5) is 13.0. The van der Waals surface area contributed by atoms with Crippen molar-refractivity contribution in [1.82, 2.24) is 23.7 Å². The molecule has 0 saturated heterocycles. The lowest BCUT2D eigenvalue weighted by atomic mass is 10.0. The normalized spacial score (nSPS) is 11.6. The summed E-state index contributed by atoms with van der Waals surface area (Å²) in [7, 11) is 0. The standard InChI is InChI=1S/C16H15N5S/c1-7-5-6-11(17-7)12-15-13(18-9(3)10(4)19-15)8(2)14-16(12)21-22-20-14/h5-6,17H,1-4H3. The van der Waals surface area contributed by atoms with E-state index < -0.39 is 0 Å². The lowest BCUT2D eigenvalue weighted by Gasteiger charge is -2.10. The Morgan fingerprint density at radius 1 is 0.818 bits per heavy atom. The molecule has 22 heavy (non-hydrogen) atoms. The van der Waals surface area contributed by atoms with E-state index in [0.717, 1.165) is 56.0 Å². The minimum atomic E-state index is 0.891. The molecule has 6 heteroatoms. The van der Waals surface area contributed by atoms with Crippen molar-refractivity contribution < 1.29 is 0 Å². The highest BCUT2D eigenvalue weighted by Crippen LogP contribution is 2.36. The van der Waals surface area contributed by atoms with Crippen LogP contribution in [0, 0.1) is 27.7 Å². The minimum Gasteiger partial charge on any atom is -0.359 e. The Hall–Kier alpha value is -2.34. The van der Waals surface area contributed by atoms with Gasteiger partial charge < -0.3 is 4.98 Å². The van der Waals surface area contributed by atoms with Crippen molar-refractivity contribution in [3.8, 4) is 11.3 Å². The number of benzene rings is 1. The van der Waals surface area contributed by atoms with Gasteiger partial charge in [0.15, 0.2) is 0 Å². The minimum absolute atomic E-state index is 0.891. The highest BCUT2D eigenvalue weighted by atomic mass is 32.1. The van der Waals surface area contributed by atoms with E-state index in [2.05, 4.69) is 25.9 Å². The van der Waals surface area contributed by atoms with Gasteiger partial charge in [-0.05, 0) is 39.8 Å². The molecule has 0 radical (unpaired) electrons. The average Bonchev–Trinajstić information content (AvgIpc) is 3.11. The van der Waals surface area contributed by atoms with Gasteiger partial charge in [-0.15, -0.1) is 0 Å². The van der Waals surface area contributed by atoms with Crippen LogP contribution in [0.4, 0.5) is 0 Å². The number of fused-ring (bicyclic) bond motifs is 2. The molecule has 3 aromatic heterocycles. The van der Waals surface area contributed by atoms with Crippen molar-refractivity contribution in [2.75, 3.05) is 0 Å². The highest BCUT2D eigenvalue weighted by molar-refractivity contribution is 7.00. The molecule has 1 N–H and O–H groups in total. The summed E-state index contributed by atoms with van der Waals surface area (Å²) in [6, 6.07) is 4.12. The zero-order valence-corrected chi connectivity index (χ0v) is 13.7. The van der Waals surface area contributed by atoms with E-state index in [1.165, 1.54) is 11.7 Å². The molecule has 110 valence electrons. The molecular formula is C16H15N5S. The van der Waals surface area contributed by atoms with Crippen LogP contribution in [0.15, 0.2) is 12.1 Å². The summed E-state index contributed by atoms with van der Waals surface area (Å²) in [5.41, 5.74) is 9.66. The smallest absolute Gasteiger partial charge is 0.116 e. The summed E-state index contributed by atoms with van der Waals surface area (Å²) < 4.78 is 8.97. The summed E-state index contributed by atoms with van der Waals surface area (Å²) in [5.74, 6) is 0. The third-order valence-corrected chi connectivity index (χ3v) is 4.61. The molecule has 0 spiro atoms. The fourth-order valence-corrected chi connectivity index (χ4v) is 3.37. The number of aromatic amines is 1. The molecule has 5 nitrogen and oxygen atoms in total. The maximum Gasteiger partial charge on any atom is 0.116 e. The van der Waals surface area contributed by atoms with E-state index in [4.69, 9.17) is 9.97 Å². The molecule has 0 saturated carbocycles. The van der Waals surface area contributed by atoms with Crippen molar-refractivity contribution in [2.24, 2.45) is 0 Å². The summed E-state index contributed by atoms with van der Waals surface area (Å²) in [6.07, 6.45) is 0. The molecule has 0 fully saturated rings. The lowest BCUT2D eigenvalue weighted by molar-refractivity contribution is 1.10. The molecule has 0 atom stereocenters. The number of aromatic nitrogens is 5. The second kappa shape index (κ2) is 4.58. The average molecular weight is 309 g/mol. The van der Waals surface area contributed by atoms with E-state index in [1.54, 1.807) is 0 Å². The summed E-state index contributed by atoms with van der Waals surface area (Å²) in [5, 5.41) is 0. The second-order valence-electron chi connectivity index (χ2n) is 5.61. The van der Waals surface area contributed by atoms with E-state index in [0.29, 0.717) is 0 Å². The molecule has 4 rings (SSSR count). The first-order chi connectivity index (χ1) is 10.6. The van der Waals surface area contributed by atoms with E-state index in [9.17, 15) is 0 Å². The third kappa shape index (κ3) is 1.77. The Kier molecular flexibility index (Phi) is 2.77.